The zero-order valence-corrected chi connectivity index (χ0v) is 9.15. The Bertz CT molecular complexity index is 434. The van der Waals surface area contributed by atoms with Crippen molar-refractivity contribution in [3.05, 3.63) is 23.8 Å². The molecule has 84 valence electrons. The molecule has 0 spiro atoms. The molecule has 0 heterocycles. The minimum absolute atomic E-state index is 0.109. The average Bonchev–Trinajstić information content (AvgIpc) is 2.29. The standard InChI is InChI=1S/C12H13NO3/c1-4-8(2)13-12(15)10-7-9(16-3)5-6-11(10)14/h1,5-8,14H,2-3H3,(H,13,15). The molecule has 0 radical (unpaired) electrons. The highest BCUT2D eigenvalue weighted by atomic mass is 16.5. The Morgan fingerprint density at radius 2 is 2.31 bits per heavy atom. The third-order valence-corrected chi connectivity index (χ3v) is 2.05. The van der Waals surface area contributed by atoms with Crippen molar-refractivity contribution in [1.29, 1.82) is 0 Å². The van der Waals surface area contributed by atoms with E-state index in [1.807, 2.05) is 0 Å². The molecule has 1 unspecified atom stereocenters. The first-order chi connectivity index (χ1) is 7.58. The van der Waals surface area contributed by atoms with Crippen LogP contribution in [0.25, 0.3) is 0 Å². The summed E-state index contributed by atoms with van der Waals surface area (Å²) >= 11 is 0. The molecule has 1 aromatic carbocycles. The number of hydrogen-bond acceptors (Lipinski definition) is 3. The number of hydrogen-bond donors (Lipinski definition) is 2. The molecule has 2 N–H and O–H groups in total. The third kappa shape index (κ3) is 2.67. The topological polar surface area (TPSA) is 58.6 Å². The molecule has 0 aliphatic rings. The molecule has 1 amide bonds. The zero-order valence-electron chi connectivity index (χ0n) is 9.15. The summed E-state index contributed by atoms with van der Waals surface area (Å²) in [6.45, 7) is 1.68. The van der Waals surface area contributed by atoms with Gasteiger partial charge in [0.05, 0.1) is 18.7 Å². The van der Waals surface area contributed by atoms with Gasteiger partial charge in [0.2, 0.25) is 0 Å². The lowest BCUT2D eigenvalue weighted by Gasteiger charge is -2.10. The fourth-order valence-corrected chi connectivity index (χ4v) is 1.14. The monoisotopic (exact) mass is 219 g/mol. The van der Waals surface area contributed by atoms with E-state index in [2.05, 4.69) is 11.2 Å². The second-order valence-electron chi connectivity index (χ2n) is 3.24. The predicted molar refractivity (Wildman–Crippen MR) is 60.4 cm³/mol. The highest BCUT2D eigenvalue weighted by Gasteiger charge is 2.13. The molecule has 16 heavy (non-hydrogen) atoms. The molecular formula is C12H13NO3. The Morgan fingerprint density at radius 1 is 1.62 bits per heavy atom. The van der Waals surface area contributed by atoms with E-state index >= 15 is 0 Å². The number of ether oxygens (including phenoxy) is 1. The van der Waals surface area contributed by atoms with Crippen molar-refractivity contribution >= 4 is 5.91 Å². The van der Waals surface area contributed by atoms with E-state index in [1.54, 1.807) is 13.0 Å². The number of carbonyl (C=O) groups is 1. The van der Waals surface area contributed by atoms with Gasteiger partial charge in [0.25, 0.3) is 5.91 Å². The summed E-state index contributed by atoms with van der Waals surface area (Å²) < 4.78 is 4.96. The highest BCUT2D eigenvalue weighted by Crippen LogP contribution is 2.22. The van der Waals surface area contributed by atoms with E-state index in [0.29, 0.717) is 5.75 Å². The molecule has 0 aliphatic heterocycles. The smallest absolute Gasteiger partial charge is 0.256 e. The summed E-state index contributed by atoms with van der Waals surface area (Å²) in [5.41, 5.74) is 0.140. The van der Waals surface area contributed by atoms with Crippen LogP contribution in [0, 0.1) is 12.3 Å². The second kappa shape index (κ2) is 5.08. The van der Waals surface area contributed by atoms with Gasteiger partial charge in [-0.15, -0.1) is 6.42 Å². The second-order valence-corrected chi connectivity index (χ2v) is 3.24. The predicted octanol–water partition coefficient (Wildman–Crippen LogP) is 1.15. The number of nitrogens with one attached hydrogen (secondary N) is 1. The lowest BCUT2D eigenvalue weighted by Crippen LogP contribution is -2.31. The Kier molecular flexibility index (Phi) is 3.78. The van der Waals surface area contributed by atoms with Crippen molar-refractivity contribution in [3.63, 3.8) is 0 Å². The van der Waals surface area contributed by atoms with Crippen molar-refractivity contribution in [2.24, 2.45) is 0 Å². The quantitative estimate of drug-likeness (QED) is 0.750. The van der Waals surface area contributed by atoms with Crippen LogP contribution < -0.4 is 10.1 Å². The van der Waals surface area contributed by atoms with Gasteiger partial charge in [-0.05, 0) is 25.1 Å². The number of benzene rings is 1. The number of phenols is 1. The molecule has 4 nitrogen and oxygen atoms in total. The Morgan fingerprint density at radius 3 is 2.88 bits per heavy atom. The molecular weight excluding hydrogens is 206 g/mol. The summed E-state index contributed by atoms with van der Waals surface area (Å²) in [6.07, 6.45) is 5.14. The molecule has 0 fully saturated rings. The third-order valence-electron chi connectivity index (χ3n) is 2.05. The van der Waals surface area contributed by atoms with Crippen LogP contribution in [0.5, 0.6) is 11.5 Å². The Hall–Kier alpha value is -2.15. The lowest BCUT2D eigenvalue weighted by molar-refractivity contribution is 0.0945. The first kappa shape index (κ1) is 11.9. The largest absolute Gasteiger partial charge is 0.507 e. The molecule has 4 heteroatoms. The van der Waals surface area contributed by atoms with Gasteiger partial charge in [-0.2, -0.15) is 0 Å². The van der Waals surface area contributed by atoms with Crippen molar-refractivity contribution in [2.45, 2.75) is 13.0 Å². The van der Waals surface area contributed by atoms with Crippen molar-refractivity contribution in [3.8, 4) is 23.8 Å². The first-order valence-electron chi connectivity index (χ1n) is 4.72. The molecule has 1 aromatic rings. The van der Waals surface area contributed by atoms with Gasteiger partial charge in [-0.25, -0.2) is 0 Å². The number of methoxy groups -OCH3 is 1. The Balaban J connectivity index is 2.95. The van der Waals surface area contributed by atoms with Crippen molar-refractivity contribution in [1.82, 2.24) is 5.32 Å². The van der Waals surface area contributed by atoms with E-state index in [0.717, 1.165) is 0 Å². The zero-order chi connectivity index (χ0) is 12.1. The highest BCUT2D eigenvalue weighted by molar-refractivity contribution is 5.97. The van der Waals surface area contributed by atoms with Crippen LogP contribution >= 0.6 is 0 Å². The number of aromatic hydroxyl groups is 1. The Labute approximate surface area is 94.2 Å². The van der Waals surface area contributed by atoms with Crippen LogP contribution in [0.2, 0.25) is 0 Å². The number of carbonyl (C=O) groups excluding carboxylic acids is 1. The van der Waals surface area contributed by atoms with Crippen LogP contribution in [0.4, 0.5) is 0 Å². The summed E-state index contributed by atoms with van der Waals surface area (Å²) in [6, 6.07) is 4.02. The number of amides is 1. The molecule has 0 saturated carbocycles. The van der Waals surface area contributed by atoms with Crippen LogP contribution in [0.3, 0.4) is 0 Å². The number of rotatable bonds is 3. The van der Waals surface area contributed by atoms with E-state index in [9.17, 15) is 9.90 Å². The van der Waals surface area contributed by atoms with Crippen LogP contribution in [0.15, 0.2) is 18.2 Å². The van der Waals surface area contributed by atoms with Gasteiger partial charge in [0, 0.05) is 0 Å². The van der Waals surface area contributed by atoms with Crippen LogP contribution in [0.1, 0.15) is 17.3 Å². The minimum atomic E-state index is -0.429. The molecule has 1 rings (SSSR count). The maximum absolute atomic E-state index is 11.7. The first-order valence-corrected chi connectivity index (χ1v) is 4.72. The van der Waals surface area contributed by atoms with E-state index in [-0.39, 0.29) is 11.3 Å². The van der Waals surface area contributed by atoms with Gasteiger partial charge in [-0.1, -0.05) is 5.92 Å². The SMILES string of the molecule is C#CC(C)NC(=O)c1cc(OC)ccc1O. The number of terminal acetylenes is 1. The van der Waals surface area contributed by atoms with Gasteiger partial charge < -0.3 is 15.2 Å². The summed E-state index contributed by atoms with van der Waals surface area (Å²) in [5.74, 6) is 2.33. The van der Waals surface area contributed by atoms with Gasteiger partial charge >= 0.3 is 0 Å². The average molecular weight is 219 g/mol. The molecule has 0 saturated heterocycles. The van der Waals surface area contributed by atoms with Gasteiger partial charge in [0.1, 0.15) is 11.5 Å². The maximum Gasteiger partial charge on any atom is 0.256 e. The molecule has 0 bridgehead atoms. The van der Waals surface area contributed by atoms with E-state index in [1.165, 1.54) is 19.2 Å². The summed E-state index contributed by atoms with van der Waals surface area (Å²) in [7, 11) is 1.48. The molecule has 0 aromatic heterocycles. The van der Waals surface area contributed by atoms with Gasteiger partial charge in [-0.3, -0.25) is 4.79 Å². The number of phenolic OH excluding ortho intramolecular Hbond substituents is 1. The lowest BCUT2D eigenvalue weighted by atomic mass is 10.1. The molecule has 0 aliphatic carbocycles. The minimum Gasteiger partial charge on any atom is -0.507 e. The van der Waals surface area contributed by atoms with E-state index in [4.69, 9.17) is 11.2 Å². The normalized spacial score (nSPS) is 11.3. The summed E-state index contributed by atoms with van der Waals surface area (Å²) in [4.78, 5) is 11.7. The van der Waals surface area contributed by atoms with Crippen molar-refractivity contribution in [2.75, 3.05) is 7.11 Å². The maximum atomic E-state index is 11.7. The molecule has 1 atom stereocenters. The van der Waals surface area contributed by atoms with Crippen LogP contribution in [-0.4, -0.2) is 24.2 Å². The fraction of sp³-hybridized carbons (Fsp3) is 0.250. The van der Waals surface area contributed by atoms with Gasteiger partial charge in [0.15, 0.2) is 0 Å². The van der Waals surface area contributed by atoms with Crippen LogP contribution in [-0.2, 0) is 0 Å². The van der Waals surface area contributed by atoms with Crippen molar-refractivity contribution < 1.29 is 14.6 Å². The fourth-order valence-electron chi connectivity index (χ4n) is 1.14. The van der Waals surface area contributed by atoms with E-state index < -0.39 is 11.9 Å². The summed E-state index contributed by atoms with van der Waals surface area (Å²) in [5, 5.41) is 12.1.